The van der Waals surface area contributed by atoms with E-state index in [4.69, 9.17) is 5.11 Å². The SMILES string of the molecule is CCN1CC(C)C(CO)C1C. The molecule has 11 heavy (non-hydrogen) atoms. The van der Waals surface area contributed by atoms with Gasteiger partial charge in [-0.25, -0.2) is 0 Å². The molecule has 1 aliphatic heterocycles. The van der Waals surface area contributed by atoms with Crippen molar-refractivity contribution in [3.8, 4) is 0 Å². The average molecular weight is 157 g/mol. The van der Waals surface area contributed by atoms with Crippen molar-refractivity contribution in [1.82, 2.24) is 4.90 Å². The molecule has 2 nitrogen and oxygen atoms in total. The van der Waals surface area contributed by atoms with Crippen molar-refractivity contribution in [2.75, 3.05) is 19.7 Å². The minimum absolute atomic E-state index is 0.346. The topological polar surface area (TPSA) is 23.5 Å². The molecule has 0 aromatic heterocycles. The Morgan fingerprint density at radius 3 is 2.36 bits per heavy atom. The van der Waals surface area contributed by atoms with Crippen LogP contribution in [0, 0.1) is 11.8 Å². The van der Waals surface area contributed by atoms with Crippen LogP contribution in [0.2, 0.25) is 0 Å². The van der Waals surface area contributed by atoms with Crippen molar-refractivity contribution in [1.29, 1.82) is 0 Å². The average Bonchev–Trinajstić information content (AvgIpc) is 2.26. The maximum absolute atomic E-state index is 9.09. The van der Waals surface area contributed by atoms with Gasteiger partial charge in [0.2, 0.25) is 0 Å². The molecule has 3 atom stereocenters. The summed E-state index contributed by atoms with van der Waals surface area (Å²) in [5.74, 6) is 1.16. The zero-order valence-corrected chi connectivity index (χ0v) is 7.75. The van der Waals surface area contributed by atoms with Gasteiger partial charge >= 0.3 is 0 Å². The molecule has 0 aliphatic carbocycles. The van der Waals surface area contributed by atoms with Crippen LogP contribution in [0.5, 0.6) is 0 Å². The first-order valence-corrected chi connectivity index (χ1v) is 4.55. The smallest absolute Gasteiger partial charge is 0.0477 e. The van der Waals surface area contributed by atoms with Gasteiger partial charge in [-0.05, 0) is 19.4 Å². The molecule has 0 radical (unpaired) electrons. The first kappa shape index (κ1) is 9.01. The van der Waals surface area contributed by atoms with Gasteiger partial charge in [0.05, 0.1) is 0 Å². The maximum Gasteiger partial charge on any atom is 0.0477 e. The molecular formula is C9H19NO. The number of rotatable bonds is 2. The Morgan fingerprint density at radius 1 is 1.45 bits per heavy atom. The summed E-state index contributed by atoms with van der Waals surface area (Å²) in [6, 6.07) is 0.569. The summed E-state index contributed by atoms with van der Waals surface area (Å²) in [5.41, 5.74) is 0. The van der Waals surface area contributed by atoms with Crippen LogP contribution in [-0.4, -0.2) is 35.7 Å². The van der Waals surface area contributed by atoms with Crippen LogP contribution in [0.25, 0.3) is 0 Å². The summed E-state index contributed by atoms with van der Waals surface area (Å²) in [5, 5.41) is 9.09. The fourth-order valence-corrected chi connectivity index (χ4v) is 2.17. The zero-order valence-electron chi connectivity index (χ0n) is 7.75. The molecule has 1 N–H and O–H groups in total. The molecule has 0 spiro atoms. The number of aliphatic hydroxyl groups is 1. The molecule has 0 saturated carbocycles. The number of hydrogen-bond donors (Lipinski definition) is 1. The Kier molecular flexibility index (Phi) is 2.90. The first-order valence-electron chi connectivity index (χ1n) is 4.55. The van der Waals surface area contributed by atoms with Gasteiger partial charge in [-0.1, -0.05) is 13.8 Å². The Balaban J connectivity index is 2.55. The second kappa shape index (κ2) is 3.55. The van der Waals surface area contributed by atoms with Crippen LogP contribution in [0.4, 0.5) is 0 Å². The van der Waals surface area contributed by atoms with Crippen LogP contribution in [-0.2, 0) is 0 Å². The number of nitrogens with zero attached hydrogens (tertiary/aromatic N) is 1. The third-order valence-corrected chi connectivity index (χ3v) is 3.07. The van der Waals surface area contributed by atoms with Crippen molar-refractivity contribution in [3.63, 3.8) is 0 Å². The highest BCUT2D eigenvalue weighted by atomic mass is 16.3. The van der Waals surface area contributed by atoms with Gasteiger partial charge in [-0.15, -0.1) is 0 Å². The highest BCUT2D eigenvalue weighted by Crippen LogP contribution is 2.28. The summed E-state index contributed by atoms with van der Waals surface area (Å²) in [7, 11) is 0. The van der Waals surface area contributed by atoms with E-state index < -0.39 is 0 Å². The van der Waals surface area contributed by atoms with E-state index in [1.807, 2.05) is 0 Å². The largest absolute Gasteiger partial charge is 0.396 e. The summed E-state index contributed by atoms with van der Waals surface area (Å²) in [4.78, 5) is 2.44. The molecule has 3 unspecified atom stereocenters. The molecule has 1 heterocycles. The molecular weight excluding hydrogens is 138 g/mol. The van der Waals surface area contributed by atoms with E-state index in [9.17, 15) is 0 Å². The molecule has 0 bridgehead atoms. The third kappa shape index (κ3) is 1.57. The lowest BCUT2D eigenvalue weighted by atomic mass is 9.94. The first-order chi connectivity index (χ1) is 5.20. The summed E-state index contributed by atoms with van der Waals surface area (Å²) >= 11 is 0. The summed E-state index contributed by atoms with van der Waals surface area (Å²) < 4.78 is 0. The minimum atomic E-state index is 0.346. The van der Waals surface area contributed by atoms with Crippen molar-refractivity contribution < 1.29 is 5.11 Å². The van der Waals surface area contributed by atoms with Crippen LogP contribution in [0.3, 0.4) is 0 Å². The van der Waals surface area contributed by atoms with Gasteiger partial charge in [0, 0.05) is 25.1 Å². The van der Waals surface area contributed by atoms with E-state index in [1.165, 1.54) is 0 Å². The zero-order chi connectivity index (χ0) is 8.43. The van der Waals surface area contributed by atoms with Crippen LogP contribution in [0.15, 0.2) is 0 Å². The molecule has 1 fully saturated rings. The van der Waals surface area contributed by atoms with Crippen molar-refractivity contribution in [2.24, 2.45) is 11.8 Å². The van der Waals surface area contributed by atoms with Gasteiger partial charge in [0.1, 0.15) is 0 Å². The predicted molar refractivity (Wildman–Crippen MR) is 46.4 cm³/mol. The molecule has 0 amide bonds. The Hall–Kier alpha value is -0.0800. The third-order valence-electron chi connectivity index (χ3n) is 3.07. The Morgan fingerprint density at radius 2 is 2.09 bits per heavy atom. The van der Waals surface area contributed by atoms with Crippen LogP contribution >= 0.6 is 0 Å². The van der Waals surface area contributed by atoms with Crippen LogP contribution in [0.1, 0.15) is 20.8 Å². The fraction of sp³-hybridized carbons (Fsp3) is 1.00. The van der Waals surface area contributed by atoms with Crippen molar-refractivity contribution >= 4 is 0 Å². The maximum atomic E-state index is 9.09. The molecule has 1 saturated heterocycles. The highest BCUT2D eigenvalue weighted by molar-refractivity contribution is 4.87. The monoisotopic (exact) mass is 157 g/mol. The molecule has 0 aromatic rings. The lowest BCUT2D eigenvalue weighted by Gasteiger charge is -2.21. The number of likely N-dealkylation sites (tertiary alicyclic amines) is 1. The Labute approximate surface area is 69.2 Å². The van der Waals surface area contributed by atoms with Gasteiger partial charge in [-0.2, -0.15) is 0 Å². The second-order valence-electron chi connectivity index (χ2n) is 3.65. The van der Waals surface area contributed by atoms with E-state index in [2.05, 4.69) is 25.7 Å². The normalized spacial score (nSPS) is 39.8. The van der Waals surface area contributed by atoms with E-state index in [-0.39, 0.29) is 0 Å². The molecule has 1 rings (SSSR count). The minimum Gasteiger partial charge on any atom is -0.396 e. The molecule has 2 heteroatoms. The predicted octanol–water partition coefficient (Wildman–Crippen LogP) is 0.955. The molecule has 0 aromatic carbocycles. The standard InChI is InChI=1S/C9H19NO/c1-4-10-5-7(2)9(6-11)8(10)3/h7-9,11H,4-6H2,1-3H3. The summed E-state index contributed by atoms with van der Waals surface area (Å²) in [6.07, 6.45) is 0. The quantitative estimate of drug-likeness (QED) is 0.645. The van der Waals surface area contributed by atoms with E-state index in [0.29, 0.717) is 24.5 Å². The van der Waals surface area contributed by atoms with Crippen molar-refractivity contribution in [2.45, 2.75) is 26.8 Å². The van der Waals surface area contributed by atoms with Crippen LogP contribution < -0.4 is 0 Å². The number of aliphatic hydroxyl groups excluding tert-OH is 1. The fourth-order valence-electron chi connectivity index (χ4n) is 2.17. The van der Waals surface area contributed by atoms with Gasteiger partial charge < -0.3 is 10.0 Å². The second-order valence-corrected chi connectivity index (χ2v) is 3.65. The van der Waals surface area contributed by atoms with Gasteiger partial charge in [0.15, 0.2) is 0 Å². The van der Waals surface area contributed by atoms with E-state index in [0.717, 1.165) is 13.1 Å². The van der Waals surface area contributed by atoms with E-state index in [1.54, 1.807) is 0 Å². The van der Waals surface area contributed by atoms with Gasteiger partial charge in [-0.3, -0.25) is 0 Å². The van der Waals surface area contributed by atoms with Gasteiger partial charge in [0.25, 0.3) is 0 Å². The molecule has 1 aliphatic rings. The molecule has 66 valence electrons. The van der Waals surface area contributed by atoms with E-state index >= 15 is 0 Å². The lowest BCUT2D eigenvalue weighted by Crippen LogP contribution is -2.30. The van der Waals surface area contributed by atoms with Crippen molar-refractivity contribution in [3.05, 3.63) is 0 Å². The highest BCUT2D eigenvalue weighted by Gasteiger charge is 2.34. The summed E-state index contributed by atoms with van der Waals surface area (Å²) in [6.45, 7) is 9.24. The lowest BCUT2D eigenvalue weighted by molar-refractivity contribution is 0.169. The number of hydrogen-bond acceptors (Lipinski definition) is 2. The Bertz CT molecular complexity index is 127.